The van der Waals surface area contributed by atoms with E-state index in [1.807, 2.05) is 0 Å². The van der Waals surface area contributed by atoms with E-state index in [0.717, 1.165) is 25.7 Å². The first kappa shape index (κ1) is 18.3. The van der Waals surface area contributed by atoms with E-state index in [0.29, 0.717) is 11.3 Å². The normalized spacial score (nSPS) is 17.2. The lowest BCUT2D eigenvalue weighted by Gasteiger charge is -2.30. The van der Waals surface area contributed by atoms with Crippen molar-refractivity contribution in [1.29, 1.82) is 0 Å². The van der Waals surface area contributed by atoms with Crippen LogP contribution in [0.4, 0.5) is 0 Å². The fourth-order valence-electron chi connectivity index (χ4n) is 3.08. The van der Waals surface area contributed by atoms with E-state index in [4.69, 9.17) is 9.47 Å². The largest absolute Gasteiger partial charge is 0.497 e. The second-order valence-electron chi connectivity index (χ2n) is 6.40. The Labute approximate surface area is 142 Å². The highest BCUT2D eigenvalue weighted by Gasteiger charge is 2.32. The van der Waals surface area contributed by atoms with Crippen molar-refractivity contribution in [2.24, 2.45) is 0 Å². The average Bonchev–Trinajstić information content (AvgIpc) is 3.05. The molecule has 1 atom stereocenters. The fraction of sp³-hybridized carbons (Fsp3) is 0.556. The Bertz CT molecular complexity index is 583. The van der Waals surface area contributed by atoms with Gasteiger partial charge in [-0.05, 0) is 37.5 Å². The molecule has 1 unspecified atom stereocenters. The number of methoxy groups -OCH3 is 1. The Morgan fingerprint density at radius 2 is 2.04 bits per heavy atom. The lowest BCUT2D eigenvalue weighted by molar-refractivity contribution is -0.139. The Balaban J connectivity index is 2.07. The first-order valence-electron chi connectivity index (χ1n) is 8.22. The number of benzene rings is 1. The predicted octanol–water partition coefficient (Wildman–Crippen LogP) is 2.46. The summed E-state index contributed by atoms with van der Waals surface area (Å²) in [6, 6.07) is 7.07. The molecule has 0 saturated heterocycles. The minimum absolute atomic E-state index is 0.0517. The van der Waals surface area contributed by atoms with Crippen LogP contribution in [0.25, 0.3) is 0 Å². The molecule has 1 aromatic rings. The van der Waals surface area contributed by atoms with E-state index in [-0.39, 0.29) is 25.0 Å². The van der Waals surface area contributed by atoms with Gasteiger partial charge in [0.15, 0.2) is 0 Å². The minimum Gasteiger partial charge on any atom is -0.497 e. The van der Waals surface area contributed by atoms with Crippen LogP contribution in [-0.4, -0.2) is 36.8 Å². The van der Waals surface area contributed by atoms with Crippen molar-refractivity contribution in [3.05, 3.63) is 29.8 Å². The lowest BCUT2D eigenvalue weighted by atomic mass is 9.88. The Kier molecular flexibility index (Phi) is 6.20. The summed E-state index contributed by atoms with van der Waals surface area (Å²) in [6.07, 6.45) is 4.14. The van der Waals surface area contributed by atoms with Gasteiger partial charge < -0.3 is 19.9 Å². The van der Waals surface area contributed by atoms with E-state index in [2.05, 4.69) is 5.32 Å². The van der Waals surface area contributed by atoms with Gasteiger partial charge in [-0.1, -0.05) is 25.0 Å². The van der Waals surface area contributed by atoms with Crippen LogP contribution in [0.3, 0.4) is 0 Å². The van der Waals surface area contributed by atoms with Crippen LogP contribution in [-0.2, 0) is 19.9 Å². The molecule has 2 rings (SSSR count). The number of ether oxygens (including phenoxy) is 2. The zero-order chi connectivity index (χ0) is 17.6. The van der Waals surface area contributed by atoms with Crippen molar-refractivity contribution in [1.82, 2.24) is 5.32 Å². The van der Waals surface area contributed by atoms with Crippen LogP contribution in [0.1, 0.15) is 44.6 Å². The number of nitrogens with one attached hydrogen (secondary N) is 1. The Hall–Kier alpha value is -2.08. The Morgan fingerprint density at radius 3 is 2.67 bits per heavy atom. The molecule has 6 heteroatoms. The molecule has 0 aliphatic heterocycles. The van der Waals surface area contributed by atoms with E-state index < -0.39 is 11.5 Å². The first-order valence-corrected chi connectivity index (χ1v) is 8.22. The number of carbonyl (C=O) groups is 2. The molecular formula is C18H25NO5. The van der Waals surface area contributed by atoms with Crippen molar-refractivity contribution >= 4 is 11.9 Å². The summed E-state index contributed by atoms with van der Waals surface area (Å²) in [6.45, 7) is 1.65. The molecule has 1 saturated carbocycles. The topological polar surface area (TPSA) is 84.9 Å². The van der Waals surface area contributed by atoms with Crippen LogP contribution in [0.2, 0.25) is 0 Å². The van der Waals surface area contributed by atoms with Gasteiger partial charge in [0.05, 0.1) is 25.2 Å². The molecule has 6 nitrogen and oxygen atoms in total. The molecule has 0 heterocycles. The van der Waals surface area contributed by atoms with Gasteiger partial charge in [-0.2, -0.15) is 0 Å². The number of carboxylic acids is 1. The molecule has 24 heavy (non-hydrogen) atoms. The standard InChI is InChI=1S/C18H25NO5/c1-18(11-17(21)22,13-6-5-9-15(10-13)23-2)19-16(20)12-24-14-7-3-4-8-14/h5-6,9-10,14H,3-4,7-8,11-12H2,1-2H3,(H,19,20)(H,21,22). The maximum Gasteiger partial charge on any atom is 0.306 e. The van der Waals surface area contributed by atoms with Crippen LogP contribution in [0.15, 0.2) is 24.3 Å². The zero-order valence-corrected chi connectivity index (χ0v) is 14.2. The monoisotopic (exact) mass is 335 g/mol. The molecule has 1 aliphatic rings. The summed E-state index contributed by atoms with van der Waals surface area (Å²) in [7, 11) is 1.54. The number of rotatable bonds is 8. The SMILES string of the molecule is COc1cccc(C(C)(CC(=O)O)NC(=O)COC2CCCC2)c1. The van der Waals surface area contributed by atoms with Gasteiger partial charge in [0.25, 0.3) is 0 Å². The molecular weight excluding hydrogens is 310 g/mol. The second-order valence-corrected chi connectivity index (χ2v) is 6.40. The molecule has 1 amide bonds. The van der Waals surface area contributed by atoms with Crippen LogP contribution >= 0.6 is 0 Å². The number of hydrogen-bond acceptors (Lipinski definition) is 4. The maximum absolute atomic E-state index is 12.3. The summed E-state index contributed by atoms with van der Waals surface area (Å²) >= 11 is 0. The molecule has 2 N–H and O–H groups in total. The molecule has 1 aromatic carbocycles. The minimum atomic E-state index is -1.03. The highest BCUT2D eigenvalue weighted by Crippen LogP contribution is 2.28. The highest BCUT2D eigenvalue weighted by atomic mass is 16.5. The van der Waals surface area contributed by atoms with Crippen LogP contribution < -0.4 is 10.1 Å². The van der Waals surface area contributed by atoms with Gasteiger partial charge in [0, 0.05) is 0 Å². The third kappa shape index (κ3) is 4.96. The molecule has 132 valence electrons. The maximum atomic E-state index is 12.3. The number of amides is 1. The van der Waals surface area contributed by atoms with Gasteiger partial charge in [0.2, 0.25) is 5.91 Å². The van der Waals surface area contributed by atoms with E-state index >= 15 is 0 Å². The zero-order valence-electron chi connectivity index (χ0n) is 14.2. The van der Waals surface area contributed by atoms with Crippen molar-refractivity contribution in [3.8, 4) is 5.75 Å². The Morgan fingerprint density at radius 1 is 1.33 bits per heavy atom. The van der Waals surface area contributed by atoms with Gasteiger partial charge in [-0.25, -0.2) is 0 Å². The average molecular weight is 335 g/mol. The molecule has 0 radical (unpaired) electrons. The van der Waals surface area contributed by atoms with Gasteiger partial charge in [0.1, 0.15) is 12.4 Å². The summed E-state index contributed by atoms with van der Waals surface area (Å²) in [5.41, 5.74) is -0.352. The third-order valence-electron chi connectivity index (χ3n) is 4.38. The third-order valence-corrected chi connectivity index (χ3v) is 4.38. The molecule has 0 bridgehead atoms. The second kappa shape index (κ2) is 8.15. The quantitative estimate of drug-likeness (QED) is 0.762. The summed E-state index contributed by atoms with van der Waals surface area (Å²) in [4.78, 5) is 23.5. The highest BCUT2D eigenvalue weighted by molar-refractivity contribution is 5.79. The number of hydrogen-bond donors (Lipinski definition) is 2. The fourth-order valence-corrected chi connectivity index (χ4v) is 3.08. The van der Waals surface area contributed by atoms with E-state index in [1.54, 1.807) is 38.3 Å². The number of aliphatic carboxylic acids is 1. The van der Waals surface area contributed by atoms with Crippen LogP contribution in [0, 0.1) is 0 Å². The molecule has 1 aliphatic carbocycles. The summed E-state index contributed by atoms with van der Waals surface area (Å²) in [5.74, 6) is -0.689. The first-order chi connectivity index (χ1) is 11.4. The van der Waals surface area contributed by atoms with E-state index in [1.165, 1.54) is 0 Å². The van der Waals surface area contributed by atoms with E-state index in [9.17, 15) is 14.7 Å². The lowest BCUT2D eigenvalue weighted by Crippen LogP contribution is -2.46. The van der Waals surface area contributed by atoms with Crippen molar-refractivity contribution < 1.29 is 24.2 Å². The van der Waals surface area contributed by atoms with Crippen LogP contribution in [0.5, 0.6) is 5.75 Å². The molecule has 0 spiro atoms. The van der Waals surface area contributed by atoms with Crippen molar-refractivity contribution in [3.63, 3.8) is 0 Å². The number of carbonyl (C=O) groups excluding carboxylic acids is 1. The molecule has 0 aromatic heterocycles. The molecule has 1 fully saturated rings. The van der Waals surface area contributed by atoms with Crippen molar-refractivity contribution in [2.45, 2.75) is 50.7 Å². The predicted molar refractivity (Wildman–Crippen MR) is 88.9 cm³/mol. The van der Waals surface area contributed by atoms with Gasteiger partial charge >= 0.3 is 5.97 Å². The summed E-state index contributed by atoms with van der Waals surface area (Å²) in [5, 5.41) is 12.1. The smallest absolute Gasteiger partial charge is 0.306 e. The number of carboxylic acid groups (broad SMARTS) is 1. The van der Waals surface area contributed by atoms with Crippen molar-refractivity contribution in [2.75, 3.05) is 13.7 Å². The van der Waals surface area contributed by atoms with Gasteiger partial charge in [-0.3, -0.25) is 9.59 Å². The van der Waals surface area contributed by atoms with Gasteiger partial charge in [-0.15, -0.1) is 0 Å². The summed E-state index contributed by atoms with van der Waals surface area (Å²) < 4.78 is 10.8.